The number of hydrogen-bond acceptors (Lipinski definition) is 2. The summed E-state index contributed by atoms with van der Waals surface area (Å²) in [6.45, 7) is 4.44. The molecule has 1 aromatic heterocycles. The van der Waals surface area contributed by atoms with E-state index in [0.29, 0.717) is 0 Å². The van der Waals surface area contributed by atoms with Gasteiger partial charge in [0.15, 0.2) is 4.77 Å². The predicted molar refractivity (Wildman–Crippen MR) is 60.8 cm³/mol. The van der Waals surface area contributed by atoms with Crippen molar-refractivity contribution in [2.45, 2.75) is 32.6 Å². The van der Waals surface area contributed by atoms with Gasteiger partial charge in [-0.1, -0.05) is 6.92 Å². The smallest absolute Gasteiger partial charge is 0.196 e. The molecule has 1 saturated heterocycles. The van der Waals surface area contributed by atoms with Crippen LogP contribution in [-0.2, 0) is 6.42 Å². The molecule has 78 valence electrons. The molecule has 0 amide bonds. The molecule has 0 atom stereocenters. The highest BCUT2D eigenvalue weighted by Crippen LogP contribution is 2.11. The number of rotatable bonds is 2. The van der Waals surface area contributed by atoms with E-state index >= 15 is 0 Å². The van der Waals surface area contributed by atoms with Crippen LogP contribution in [0.3, 0.4) is 0 Å². The van der Waals surface area contributed by atoms with E-state index in [1.807, 2.05) is 6.20 Å². The fourth-order valence-electron chi connectivity index (χ4n) is 2.04. The first kappa shape index (κ1) is 9.77. The Morgan fingerprint density at radius 1 is 1.36 bits per heavy atom. The number of H-pyrrole nitrogens is 1. The molecule has 2 rings (SSSR count). The summed E-state index contributed by atoms with van der Waals surface area (Å²) in [6, 6.07) is 0. The molecule has 0 unspecified atom stereocenters. The van der Waals surface area contributed by atoms with Crippen molar-refractivity contribution in [1.82, 2.24) is 9.66 Å². The van der Waals surface area contributed by atoms with Crippen LogP contribution < -0.4 is 5.01 Å². The van der Waals surface area contributed by atoms with Gasteiger partial charge in [-0.2, -0.15) is 0 Å². The molecule has 4 heteroatoms. The fourth-order valence-corrected chi connectivity index (χ4v) is 2.33. The van der Waals surface area contributed by atoms with Gasteiger partial charge in [-0.25, -0.2) is 4.68 Å². The maximum absolute atomic E-state index is 5.29. The van der Waals surface area contributed by atoms with Gasteiger partial charge in [-0.3, -0.25) is 0 Å². The van der Waals surface area contributed by atoms with E-state index in [2.05, 4.69) is 21.6 Å². The number of piperidine rings is 1. The van der Waals surface area contributed by atoms with Crippen LogP contribution in [0.25, 0.3) is 0 Å². The molecule has 1 aromatic rings. The van der Waals surface area contributed by atoms with Gasteiger partial charge in [0.05, 0.1) is 5.69 Å². The average Bonchev–Trinajstić information content (AvgIpc) is 2.61. The third-order valence-corrected chi connectivity index (χ3v) is 3.10. The first-order valence-electron chi connectivity index (χ1n) is 5.37. The minimum atomic E-state index is 0.837. The molecular weight excluding hydrogens is 194 g/mol. The second-order valence-electron chi connectivity index (χ2n) is 3.76. The van der Waals surface area contributed by atoms with Crippen molar-refractivity contribution >= 4 is 12.2 Å². The number of hydrogen-bond donors (Lipinski definition) is 1. The summed E-state index contributed by atoms with van der Waals surface area (Å²) in [7, 11) is 0. The Hall–Kier alpha value is -0.770. The number of nitrogens with zero attached hydrogens (tertiary/aromatic N) is 2. The molecular formula is C10H17N3S. The van der Waals surface area contributed by atoms with Crippen molar-refractivity contribution in [2.75, 3.05) is 18.1 Å². The lowest BCUT2D eigenvalue weighted by Gasteiger charge is -2.30. The number of aromatic amines is 1. The van der Waals surface area contributed by atoms with E-state index in [1.54, 1.807) is 0 Å². The zero-order valence-corrected chi connectivity index (χ0v) is 9.44. The van der Waals surface area contributed by atoms with Crippen LogP contribution in [0, 0.1) is 4.77 Å². The van der Waals surface area contributed by atoms with E-state index in [1.165, 1.54) is 25.0 Å². The average molecular weight is 211 g/mol. The highest BCUT2D eigenvalue weighted by Gasteiger charge is 2.13. The number of aryl methyl sites for hydroxylation is 1. The number of nitrogens with one attached hydrogen (secondary N) is 1. The van der Waals surface area contributed by atoms with Crippen LogP contribution in [0.2, 0.25) is 0 Å². The number of aromatic nitrogens is 2. The zero-order chi connectivity index (χ0) is 9.97. The standard InChI is InChI=1S/C10H17N3S/c1-2-9-8-11-10(14)13(9)12-6-4-3-5-7-12/h8H,2-7H2,1H3,(H,11,14). The predicted octanol–water partition coefficient (Wildman–Crippen LogP) is 2.23. The van der Waals surface area contributed by atoms with E-state index < -0.39 is 0 Å². The minimum absolute atomic E-state index is 0.837. The molecule has 1 N–H and O–H groups in total. The van der Waals surface area contributed by atoms with Crippen molar-refractivity contribution < 1.29 is 0 Å². The highest BCUT2D eigenvalue weighted by atomic mass is 32.1. The van der Waals surface area contributed by atoms with Crippen molar-refractivity contribution in [3.8, 4) is 0 Å². The second-order valence-corrected chi connectivity index (χ2v) is 4.15. The number of imidazole rings is 1. The fraction of sp³-hybridized carbons (Fsp3) is 0.700. The highest BCUT2D eigenvalue weighted by molar-refractivity contribution is 7.71. The lowest BCUT2D eigenvalue weighted by Crippen LogP contribution is -2.40. The van der Waals surface area contributed by atoms with Gasteiger partial charge in [0.1, 0.15) is 0 Å². The summed E-state index contributed by atoms with van der Waals surface area (Å²) >= 11 is 5.29. The molecule has 1 fully saturated rings. The van der Waals surface area contributed by atoms with Crippen molar-refractivity contribution in [3.63, 3.8) is 0 Å². The Morgan fingerprint density at radius 3 is 2.71 bits per heavy atom. The normalized spacial score (nSPS) is 17.4. The van der Waals surface area contributed by atoms with Crippen LogP contribution in [0.5, 0.6) is 0 Å². The van der Waals surface area contributed by atoms with Crippen LogP contribution in [-0.4, -0.2) is 22.7 Å². The molecule has 1 aliphatic heterocycles. The van der Waals surface area contributed by atoms with Crippen LogP contribution in [0.1, 0.15) is 31.9 Å². The Morgan fingerprint density at radius 2 is 2.07 bits per heavy atom. The van der Waals surface area contributed by atoms with Crippen LogP contribution in [0.4, 0.5) is 0 Å². The summed E-state index contributed by atoms with van der Waals surface area (Å²) < 4.78 is 3.01. The van der Waals surface area contributed by atoms with Gasteiger partial charge >= 0.3 is 0 Å². The monoisotopic (exact) mass is 211 g/mol. The van der Waals surface area contributed by atoms with Gasteiger partial charge in [-0.05, 0) is 37.9 Å². The van der Waals surface area contributed by atoms with Gasteiger partial charge in [0.25, 0.3) is 0 Å². The summed E-state index contributed by atoms with van der Waals surface area (Å²) in [5, 5.41) is 2.36. The minimum Gasteiger partial charge on any atom is -0.336 e. The Kier molecular flexibility index (Phi) is 2.91. The molecule has 0 radical (unpaired) electrons. The SMILES string of the molecule is CCc1c[nH]c(=S)n1N1CCCCC1. The molecule has 2 heterocycles. The van der Waals surface area contributed by atoms with E-state index in [-0.39, 0.29) is 0 Å². The molecule has 1 aliphatic rings. The van der Waals surface area contributed by atoms with E-state index in [4.69, 9.17) is 12.2 Å². The maximum atomic E-state index is 5.29. The summed E-state index contributed by atoms with van der Waals surface area (Å²) in [5.41, 5.74) is 1.29. The Bertz CT molecular complexity index is 346. The van der Waals surface area contributed by atoms with Gasteiger partial charge in [0.2, 0.25) is 0 Å². The van der Waals surface area contributed by atoms with Crippen LogP contribution >= 0.6 is 12.2 Å². The van der Waals surface area contributed by atoms with Gasteiger partial charge in [-0.15, -0.1) is 0 Å². The van der Waals surface area contributed by atoms with Crippen molar-refractivity contribution in [1.29, 1.82) is 0 Å². The summed E-state index contributed by atoms with van der Waals surface area (Å²) in [4.78, 5) is 3.12. The van der Waals surface area contributed by atoms with Crippen molar-refractivity contribution in [3.05, 3.63) is 16.7 Å². The van der Waals surface area contributed by atoms with Crippen LogP contribution in [0.15, 0.2) is 6.20 Å². The molecule has 0 aromatic carbocycles. The van der Waals surface area contributed by atoms with Crippen molar-refractivity contribution in [2.24, 2.45) is 0 Å². The second kappa shape index (κ2) is 4.17. The molecule has 3 nitrogen and oxygen atoms in total. The third kappa shape index (κ3) is 1.71. The lowest BCUT2D eigenvalue weighted by atomic mass is 10.2. The van der Waals surface area contributed by atoms with Gasteiger partial charge in [0, 0.05) is 19.3 Å². The molecule has 0 aliphatic carbocycles. The van der Waals surface area contributed by atoms with E-state index in [9.17, 15) is 0 Å². The maximum Gasteiger partial charge on any atom is 0.196 e. The Labute approximate surface area is 89.7 Å². The molecule has 0 bridgehead atoms. The molecule has 14 heavy (non-hydrogen) atoms. The first-order chi connectivity index (χ1) is 6.83. The molecule has 0 saturated carbocycles. The Balaban J connectivity index is 2.28. The summed E-state index contributed by atoms with van der Waals surface area (Å²) in [6.07, 6.45) is 6.99. The topological polar surface area (TPSA) is 24.0 Å². The lowest BCUT2D eigenvalue weighted by molar-refractivity contribution is 0.467. The first-order valence-corrected chi connectivity index (χ1v) is 5.78. The summed E-state index contributed by atoms with van der Waals surface area (Å²) in [5.74, 6) is 0. The largest absolute Gasteiger partial charge is 0.336 e. The molecule has 0 spiro atoms. The van der Waals surface area contributed by atoms with E-state index in [0.717, 1.165) is 24.3 Å². The quantitative estimate of drug-likeness (QED) is 0.758. The zero-order valence-electron chi connectivity index (χ0n) is 8.62. The third-order valence-electron chi connectivity index (χ3n) is 2.80. The van der Waals surface area contributed by atoms with Gasteiger partial charge < -0.3 is 9.99 Å².